The van der Waals surface area contributed by atoms with Crippen LogP contribution in [0.4, 0.5) is 8.78 Å². The summed E-state index contributed by atoms with van der Waals surface area (Å²) in [4.78, 5) is 15.9. The highest BCUT2D eigenvalue weighted by Crippen LogP contribution is 2.30. The average Bonchev–Trinajstić information content (AvgIpc) is 3.02. The Morgan fingerprint density at radius 3 is 2.80 bits per heavy atom. The number of fused-ring (bicyclic) bond motifs is 1. The fourth-order valence-corrected chi connectivity index (χ4v) is 4.07. The number of nitrogens with zero attached hydrogens (tertiary/aromatic N) is 4. The summed E-state index contributed by atoms with van der Waals surface area (Å²) in [7, 11) is 0. The van der Waals surface area contributed by atoms with Gasteiger partial charge in [0.15, 0.2) is 0 Å². The van der Waals surface area contributed by atoms with Crippen LogP contribution < -0.4 is 0 Å². The van der Waals surface area contributed by atoms with Crippen LogP contribution in [0.2, 0.25) is 0 Å². The van der Waals surface area contributed by atoms with Crippen LogP contribution in [-0.4, -0.2) is 70.8 Å². The monoisotopic (exact) mass is 354 g/mol. The molecule has 138 valence electrons. The summed E-state index contributed by atoms with van der Waals surface area (Å²) in [6.45, 7) is 3.29. The first kappa shape index (κ1) is 16.9. The van der Waals surface area contributed by atoms with Crippen LogP contribution in [0.15, 0.2) is 12.3 Å². The Morgan fingerprint density at radius 1 is 1.32 bits per heavy atom. The van der Waals surface area contributed by atoms with E-state index in [4.69, 9.17) is 4.74 Å². The molecule has 4 heterocycles. The predicted octanol–water partition coefficient (Wildman–Crippen LogP) is 1.53. The third kappa shape index (κ3) is 3.69. The molecule has 0 unspecified atom stereocenters. The Kier molecular flexibility index (Phi) is 4.49. The highest BCUT2D eigenvalue weighted by Gasteiger charge is 2.46. The zero-order valence-corrected chi connectivity index (χ0v) is 14.2. The molecule has 1 amide bonds. The van der Waals surface area contributed by atoms with E-state index in [1.807, 2.05) is 10.7 Å². The van der Waals surface area contributed by atoms with Crippen molar-refractivity contribution in [3.8, 4) is 0 Å². The minimum absolute atomic E-state index is 0.0830. The van der Waals surface area contributed by atoms with Gasteiger partial charge in [0.2, 0.25) is 5.91 Å². The molecule has 6 nitrogen and oxygen atoms in total. The topological polar surface area (TPSA) is 50.6 Å². The molecule has 25 heavy (non-hydrogen) atoms. The van der Waals surface area contributed by atoms with E-state index in [9.17, 15) is 13.6 Å². The number of amides is 1. The first-order valence-corrected chi connectivity index (χ1v) is 8.98. The average molecular weight is 354 g/mol. The van der Waals surface area contributed by atoms with Gasteiger partial charge in [-0.2, -0.15) is 5.10 Å². The van der Waals surface area contributed by atoms with Crippen LogP contribution >= 0.6 is 0 Å². The van der Waals surface area contributed by atoms with Gasteiger partial charge in [0.1, 0.15) is 0 Å². The second-order valence-electron chi connectivity index (χ2n) is 7.48. The number of carbonyl (C=O) groups is 1. The van der Waals surface area contributed by atoms with Gasteiger partial charge in [-0.25, -0.2) is 8.78 Å². The number of alkyl halides is 2. The SMILES string of the molecule is O=C(C[C@H]1CN(CC2CCOCC2)Cc2ccnn21)N1CC(F)(F)C1. The van der Waals surface area contributed by atoms with Crippen molar-refractivity contribution in [1.29, 1.82) is 0 Å². The van der Waals surface area contributed by atoms with Crippen LogP contribution in [0.5, 0.6) is 0 Å². The molecule has 8 heteroatoms. The zero-order chi connectivity index (χ0) is 17.4. The molecule has 1 aromatic rings. The van der Waals surface area contributed by atoms with Crippen LogP contribution in [0.3, 0.4) is 0 Å². The molecule has 0 spiro atoms. The molecule has 0 N–H and O–H groups in total. The van der Waals surface area contributed by atoms with Crippen molar-refractivity contribution in [2.45, 2.75) is 37.8 Å². The lowest BCUT2D eigenvalue weighted by molar-refractivity contribution is -0.166. The fourth-order valence-electron chi connectivity index (χ4n) is 4.07. The number of ether oxygens (including phenoxy) is 1. The fraction of sp³-hybridized carbons (Fsp3) is 0.765. The molecule has 3 aliphatic heterocycles. The second kappa shape index (κ2) is 6.64. The van der Waals surface area contributed by atoms with Crippen LogP contribution in [0.1, 0.15) is 31.0 Å². The molecule has 4 rings (SSSR count). The molecule has 2 fully saturated rings. The molecule has 0 aromatic carbocycles. The Morgan fingerprint density at radius 2 is 2.08 bits per heavy atom. The summed E-state index contributed by atoms with van der Waals surface area (Å²) in [5.74, 6) is -2.30. The van der Waals surface area contributed by atoms with Crippen LogP contribution in [0.25, 0.3) is 0 Å². The highest BCUT2D eigenvalue weighted by atomic mass is 19.3. The molecule has 1 atom stereocenters. The maximum Gasteiger partial charge on any atom is 0.282 e. The third-order valence-electron chi connectivity index (χ3n) is 5.42. The highest BCUT2D eigenvalue weighted by molar-refractivity contribution is 5.77. The molecule has 3 aliphatic rings. The van der Waals surface area contributed by atoms with Crippen LogP contribution in [0, 0.1) is 5.92 Å². The number of aromatic nitrogens is 2. The molecule has 1 aromatic heterocycles. The van der Waals surface area contributed by atoms with Gasteiger partial charge in [0, 0.05) is 39.0 Å². The van der Waals surface area contributed by atoms with E-state index in [0.29, 0.717) is 5.92 Å². The van der Waals surface area contributed by atoms with E-state index in [0.717, 1.165) is 51.4 Å². The van der Waals surface area contributed by atoms with Gasteiger partial charge in [-0.05, 0) is 24.8 Å². The Balaban J connectivity index is 1.39. The Bertz CT molecular complexity index is 622. The van der Waals surface area contributed by atoms with Gasteiger partial charge in [0.05, 0.1) is 31.2 Å². The second-order valence-corrected chi connectivity index (χ2v) is 7.48. The first-order valence-electron chi connectivity index (χ1n) is 8.98. The van der Waals surface area contributed by atoms with Crippen molar-refractivity contribution in [3.63, 3.8) is 0 Å². The largest absolute Gasteiger partial charge is 0.381 e. The first-order chi connectivity index (χ1) is 12.0. The number of likely N-dealkylation sites (tertiary alicyclic amines) is 1. The summed E-state index contributed by atoms with van der Waals surface area (Å²) >= 11 is 0. The molecular weight excluding hydrogens is 330 g/mol. The molecule has 0 radical (unpaired) electrons. The number of carbonyl (C=O) groups excluding carboxylic acids is 1. The lowest BCUT2D eigenvalue weighted by atomic mass is 9.98. The van der Waals surface area contributed by atoms with Gasteiger partial charge in [-0.15, -0.1) is 0 Å². The molecular formula is C17H24F2N4O2. The zero-order valence-electron chi connectivity index (χ0n) is 14.2. The summed E-state index contributed by atoms with van der Waals surface area (Å²) in [5.41, 5.74) is 1.09. The molecule has 0 aliphatic carbocycles. The molecule has 2 saturated heterocycles. The number of rotatable bonds is 4. The van der Waals surface area contributed by atoms with Gasteiger partial charge in [0.25, 0.3) is 5.92 Å². The van der Waals surface area contributed by atoms with E-state index in [1.165, 1.54) is 4.90 Å². The van der Waals surface area contributed by atoms with Crippen LogP contribution in [-0.2, 0) is 16.1 Å². The Labute approximate surface area is 145 Å². The van der Waals surface area contributed by atoms with Crippen molar-refractivity contribution in [2.75, 3.05) is 39.4 Å². The van der Waals surface area contributed by atoms with Gasteiger partial charge in [-0.3, -0.25) is 14.4 Å². The molecule has 0 bridgehead atoms. The molecule has 0 saturated carbocycles. The quantitative estimate of drug-likeness (QED) is 0.823. The third-order valence-corrected chi connectivity index (χ3v) is 5.42. The lowest BCUT2D eigenvalue weighted by Crippen LogP contribution is -2.59. The smallest absolute Gasteiger partial charge is 0.282 e. The number of halogens is 2. The van der Waals surface area contributed by atoms with E-state index in [-0.39, 0.29) is 18.4 Å². The lowest BCUT2D eigenvalue weighted by Gasteiger charge is -2.41. The summed E-state index contributed by atoms with van der Waals surface area (Å²) < 4.78 is 33.3. The minimum atomic E-state index is -2.71. The van der Waals surface area contributed by atoms with Crippen molar-refractivity contribution >= 4 is 5.91 Å². The maximum absolute atomic E-state index is 13.0. The van der Waals surface area contributed by atoms with Crippen molar-refractivity contribution < 1.29 is 18.3 Å². The van der Waals surface area contributed by atoms with Gasteiger partial charge in [-0.1, -0.05) is 0 Å². The summed E-state index contributed by atoms with van der Waals surface area (Å²) in [6.07, 6.45) is 4.13. The standard InChI is InChI=1S/C17H24F2N4O2/c18-17(19)11-22(12-17)16(24)7-15-10-21(8-13-2-5-25-6-3-13)9-14-1-4-20-23(14)15/h1,4,13,15H,2-3,5-12H2/t15-/m0/s1. The normalized spacial score (nSPS) is 27.0. The van der Waals surface area contributed by atoms with Crippen molar-refractivity contribution in [2.24, 2.45) is 5.92 Å². The number of hydrogen-bond donors (Lipinski definition) is 0. The summed E-state index contributed by atoms with van der Waals surface area (Å²) in [5, 5.41) is 4.36. The van der Waals surface area contributed by atoms with Gasteiger partial charge < -0.3 is 9.64 Å². The Hall–Kier alpha value is -1.54. The van der Waals surface area contributed by atoms with Crippen molar-refractivity contribution in [1.82, 2.24) is 19.6 Å². The predicted molar refractivity (Wildman–Crippen MR) is 86.2 cm³/mol. The maximum atomic E-state index is 13.0. The minimum Gasteiger partial charge on any atom is -0.381 e. The van der Waals surface area contributed by atoms with Gasteiger partial charge >= 0.3 is 0 Å². The van der Waals surface area contributed by atoms with E-state index >= 15 is 0 Å². The van der Waals surface area contributed by atoms with E-state index in [1.54, 1.807) is 6.20 Å². The van der Waals surface area contributed by atoms with Crippen molar-refractivity contribution in [3.05, 3.63) is 18.0 Å². The summed E-state index contributed by atoms with van der Waals surface area (Å²) in [6, 6.07) is 1.89. The van der Waals surface area contributed by atoms with E-state index in [2.05, 4.69) is 10.00 Å². The number of hydrogen-bond acceptors (Lipinski definition) is 4. The van der Waals surface area contributed by atoms with E-state index < -0.39 is 19.0 Å².